The minimum absolute atomic E-state index is 0. The van der Waals surface area contributed by atoms with Crippen LogP contribution in [0.4, 0.5) is 0 Å². The van der Waals surface area contributed by atoms with Gasteiger partial charge < -0.3 is 20.1 Å². The first kappa shape index (κ1) is 19.7. The first-order valence-corrected chi connectivity index (χ1v) is 7.80. The normalized spacial score (nSPS) is 16.3. The number of ether oxygens (including phenoxy) is 2. The van der Waals surface area contributed by atoms with Gasteiger partial charge in [-0.1, -0.05) is 17.7 Å². The largest absolute Gasteiger partial charge is 0.492 e. The maximum atomic E-state index is 12.7. The summed E-state index contributed by atoms with van der Waals surface area (Å²) in [6.45, 7) is 4.65. The summed E-state index contributed by atoms with van der Waals surface area (Å²) in [5, 5.41) is 0. The van der Waals surface area contributed by atoms with Gasteiger partial charge in [0.15, 0.2) is 0 Å². The highest BCUT2D eigenvalue weighted by molar-refractivity contribution is 5.85. The molecule has 1 aliphatic rings. The number of hydrogen-bond acceptors (Lipinski definition) is 4. The van der Waals surface area contributed by atoms with Crippen molar-refractivity contribution in [2.75, 3.05) is 40.0 Å². The second-order valence-electron chi connectivity index (χ2n) is 5.99. The number of hydrogen-bond donors (Lipinski definition) is 1. The van der Waals surface area contributed by atoms with E-state index in [1.807, 2.05) is 38.2 Å². The molecule has 0 aromatic heterocycles. The second kappa shape index (κ2) is 9.11. The fourth-order valence-electron chi connectivity index (χ4n) is 2.71. The predicted octanol–water partition coefficient (Wildman–Crippen LogP) is 2.01. The molecular formula is C17H27ClN2O3. The molecule has 23 heavy (non-hydrogen) atoms. The van der Waals surface area contributed by atoms with Crippen molar-refractivity contribution in [1.29, 1.82) is 0 Å². The summed E-state index contributed by atoms with van der Waals surface area (Å²) in [6, 6.07) is 7.90. The Hall–Kier alpha value is -1.30. The molecule has 0 spiro atoms. The molecule has 130 valence electrons. The average Bonchev–Trinajstić information content (AvgIpc) is 2.56. The molecule has 0 radical (unpaired) electrons. The van der Waals surface area contributed by atoms with Crippen molar-refractivity contribution < 1.29 is 14.3 Å². The Bertz CT molecular complexity index is 487. The smallest absolute Gasteiger partial charge is 0.230 e. The van der Waals surface area contributed by atoms with E-state index >= 15 is 0 Å². The number of carbonyl (C=O) groups excluding carboxylic acids is 1. The van der Waals surface area contributed by atoms with Gasteiger partial charge in [0.2, 0.25) is 5.91 Å². The fourth-order valence-corrected chi connectivity index (χ4v) is 2.71. The summed E-state index contributed by atoms with van der Waals surface area (Å²) in [5.74, 6) is 0.928. The summed E-state index contributed by atoms with van der Waals surface area (Å²) in [4.78, 5) is 14.4. The van der Waals surface area contributed by atoms with E-state index < -0.39 is 5.41 Å². The van der Waals surface area contributed by atoms with Crippen LogP contribution in [0, 0.1) is 12.3 Å². The highest BCUT2D eigenvalue weighted by Crippen LogP contribution is 2.31. The van der Waals surface area contributed by atoms with Gasteiger partial charge in [-0.3, -0.25) is 4.79 Å². The molecule has 6 heteroatoms. The molecule has 1 aliphatic heterocycles. The van der Waals surface area contributed by atoms with Crippen molar-refractivity contribution in [3.8, 4) is 5.75 Å². The standard InChI is InChI=1S/C17H26N2O3.ClH/c1-14-3-5-15(6-4-14)22-12-9-19(2)16(20)17(13-18)7-10-21-11-8-17;/h3-6H,7-13,18H2,1-2H3;1H. The Morgan fingerprint density at radius 1 is 1.30 bits per heavy atom. The first-order valence-electron chi connectivity index (χ1n) is 7.80. The minimum Gasteiger partial charge on any atom is -0.492 e. The molecule has 1 aromatic rings. The molecule has 1 aromatic carbocycles. The van der Waals surface area contributed by atoms with Crippen molar-refractivity contribution in [2.45, 2.75) is 19.8 Å². The van der Waals surface area contributed by atoms with E-state index in [0.717, 1.165) is 5.75 Å². The Balaban J connectivity index is 0.00000264. The lowest BCUT2D eigenvalue weighted by atomic mass is 9.79. The minimum atomic E-state index is -0.461. The van der Waals surface area contributed by atoms with E-state index in [0.29, 0.717) is 45.8 Å². The maximum absolute atomic E-state index is 12.7. The van der Waals surface area contributed by atoms with Gasteiger partial charge in [-0.25, -0.2) is 0 Å². The zero-order chi connectivity index (χ0) is 16.0. The Kier molecular flexibility index (Phi) is 7.82. The number of nitrogens with two attached hydrogens (primary N) is 1. The molecule has 2 rings (SSSR count). The lowest BCUT2D eigenvalue weighted by molar-refractivity contribution is -0.146. The summed E-state index contributed by atoms with van der Waals surface area (Å²) in [6.07, 6.45) is 1.40. The Morgan fingerprint density at radius 2 is 1.91 bits per heavy atom. The van der Waals surface area contributed by atoms with Gasteiger partial charge in [0.25, 0.3) is 0 Å². The van der Waals surface area contributed by atoms with Crippen molar-refractivity contribution in [3.63, 3.8) is 0 Å². The van der Waals surface area contributed by atoms with Crippen molar-refractivity contribution in [3.05, 3.63) is 29.8 Å². The topological polar surface area (TPSA) is 64.8 Å². The number of rotatable bonds is 6. The molecule has 2 N–H and O–H groups in total. The molecule has 1 saturated heterocycles. The molecule has 1 amide bonds. The lowest BCUT2D eigenvalue weighted by Gasteiger charge is -2.37. The Morgan fingerprint density at radius 3 is 2.48 bits per heavy atom. The Labute approximate surface area is 144 Å². The molecule has 0 saturated carbocycles. The van der Waals surface area contributed by atoms with Crippen molar-refractivity contribution in [2.24, 2.45) is 11.1 Å². The van der Waals surface area contributed by atoms with Crippen LogP contribution < -0.4 is 10.5 Å². The third-order valence-electron chi connectivity index (χ3n) is 4.36. The summed E-state index contributed by atoms with van der Waals surface area (Å²) < 4.78 is 11.0. The first-order chi connectivity index (χ1) is 10.6. The quantitative estimate of drug-likeness (QED) is 0.859. The monoisotopic (exact) mass is 342 g/mol. The zero-order valence-corrected chi connectivity index (χ0v) is 14.7. The lowest BCUT2D eigenvalue weighted by Crippen LogP contribution is -2.50. The average molecular weight is 343 g/mol. The van der Waals surface area contributed by atoms with E-state index in [1.54, 1.807) is 4.90 Å². The van der Waals surface area contributed by atoms with Gasteiger partial charge in [-0.2, -0.15) is 0 Å². The van der Waals surface area contributed by atoms with Crippen LogP contribution in [0.3, 0.4) is 0 Å². The number of carbonyl (C=O) groups is 1. The number of nitrogens with zero attached hydrogens (tertiary/aromatic N) is 1. The molecule has 0 unspecified atom stereocenters. The van der Waals surface area contributed by atoms with Crippen molar-refractivity contribution >= 4 is 18.3 Å². The highest BCUT2D eigenvalue weighted by Gasteiger charge is 2.40. The van der Waals surface area contributed by atoms with E-state index in [9.17, 15) is 4.79 Å². The molecule has 0 bridgehead atoms. The van der Waals surface area contributed by atoms with Gasteiger partial charge in [0, 0.05) is 26.8 Å². The van der Waals surface area contributed by atoms with Crippen LogP contribution in [0.1, 0.15) is 18.4 Å². The van der Waals surface area contributed by atoms with E-state index in [-0.39, 0.29) is 18.3 Å². The number of likely N-dealkylation sites (N-methyl/N-ethyl adjacent to an activating group) is 1. The molecular weight excluding hydrogens is 316 g/mol. The molecule has 5 nitrogen and oxygen atoms in total. The summed E-state index contributed by atoms with van der Waals surface area (Å²) in [7, 11) is 1.81. The number of benzene rings is 1. The van der Waals surface area contributed by atoms with Crippen LogP contribution in [-0.2, 0) is 9.53 Å². The van der Waals surface area contributed by atoms with Crippen LogP contribution in [0.15, 0.2) is 24.3 Å². The van der Waals surface area contributed by atoms with E-state index in [1.165, 1.54) is 5.56 Å². The van der Waals surface area contributed by atoms with Crippen LogP contribution in [0.2, 0.25) is 0 Å². The third kappa shape index (κ3) is 5.09. The van der Waals surface area contributed by atoms with Crippen LogP contribution >= 0.6 is 12.4 Å². The third-order valence-corrected chi connectivity index (χ3v) is 4.36. The SMILES string of the molecule is Cc1ccc(OCCN(C)C(=O)C2(CN)CCOCC2)cc1.Cl. The summed E-state index contributed by atoms with van der Waals surface area (Å²) in [5.41, 5.74) is 6.61. The van der Waals surface area contributed by atoms with Crippen LogP contribution in [0.5, 0.6) is 5.75 Å². The predicted molar refractivity (Wildman–Crippen MR) is 93.1 cm³/mol. The molecule has 1 fully saturated rings. The second-order valence-corrected chi connectivity index (χ2v) is 5.99. The fraction of sp³-hybridized carbons (Fsp3) is 0.588. The summed E-state index contributed by atoms with van der Waals surface area (Å²) >= 11 is 0. The van der Waals surface area contributed by atoms with Crippen molar-refractivity contribution in [1.82, 2.24) is 4.90 Å². The maximum Gasteiger partial charge on any atom is 0.230 e. The van der Waals surface area contributed by atoms with Crippen LogP contribution in [0.25, 0.3) is 0 Å². The number of aryl methyl sites for hydroxylation is 1. The van der Waals surface area contributed by atoms with Gasteiger partial charge >= 0.3 is 0 Å². The van der Waals surface area contributed by atoms with Gasteiger partial charge in [0.05, 0.1) is 12.0 Å². The van der Waals surface area contributed by atoms with Gasteiger partial charge in [-0.05, 0) is 31.9 Å². The molecule has 0 aliphatic carbocycles. The molecule has 1 heterocycles. The van der Waals surface area contributed by atoms with Gasteiger partial charge in [-0.15, -0.1) is 12.4 Å². The highest BCUT2D eigenvalue weighted by atomic mass is 35.5. The number of halogens is 1. The van der Waals surface area contributed by atoms with Gasteiger partial charge in [0.1, 0.15) is 12.4 Å². The molecule has 0 atom stereocenters. The van der Waals surface area contributed by atoms with E-state index in [2.05, 4.69) is 0 Å². The van der Waals surface area contributed by atoms with Crippen LogP contribution in [-0.4, -0.2) is 50.8 Å². The number of amides is 1. The van der Waals surface area contributed by atoms with E-state index in [4.69, 9.17) is 15.2 Å². The zero-order valence-electron chi connectivity index (χ0n) is 13.9.